The molecule has 1 atom stereocenters. The summed E-state index contributed by atoms with van der Waals surface area (Å²) >= 11 is 1.45. The first-order valence-electron chi connectivity index (χ1n) is 6.52. The van der Waals surface area contributed by atoms with Crippen LogP contribution in [0.15, 0.2) is 0 Å². The molecule has 0 saturated carbocycles. The quantitative estimate of drug-likeness (QED) is 0.812. The van der Waals surface area contributed by atoms with Gasteiger partial charge in [0.25, 0.3) is 0 Å². The van der Waals surface area contributed by atoms with E-state index < -0.39 is 0 Å². The van der Waals surface area contributed by atoms with E-state index >= 15 is 0 Å². The van der Waals surface area contributed by atoms with Crippen LogP contribution >= 0.6 is 11.5 Å². The highest BCUT2D eigenvalue weighted by molar-refractivity contribution is 7.05. The van der Waals surface area contributed by atoms with Gasteiger partial charge in [-0.2, -0.15) is 4.80 Å². The number of aryl methyl sites for hydroxylation is 2. The van der Waals surface area contributed by atoms with Gasteiger partial charge in [-0.1, -0.05) is 18.3 Å². The highest BCUT2D eigenvalue weighted by atomic mass is 32.1. The molecule has 0 amide bonds. The molecule has 2 rings (SSSR count). The number of hydrogen-bond donors (Lipinski definition) is 1. The maximum atomic E-state index is 4.24. The molecule has 0 aliphatic carbocycles. The van der Waals surface area contributed by atoms with Crippen molar-refractivity contribution in [2.75, 3.05) is 6.54 Å². The highest BCUT2D eigenvalue weighted by Gasteiger charge is 2.20. The Labute approximate surface area is 116 Å². The monoisotopic (exact) mass is 281 g/mol. The van der Waals surface area contributed by atoms with E-state index in [9.17, 15) is 0 Å². The normalized spacial score (nSPS) is 12.8. The summed E-state index contributed by atoms with van der Waals surface area (Å²) in [6.45, 7) is 5.19. The molecule has 0 aliphatic heterocycles. The smallest absolute Gasteiger partial charge is 0.176 e. The van der Waals surface area contributed by atoms with Crippen molar-refractivity contribution in [3.8, 4) is 0 Å². The summed E-state index contributed by atoms with van der Waals surface area (Å²) in [6.07, 6.45) is 2.69. The Morgan fingerprint density at radius 3 is 2.79 bits per heavy atom. The molecule has 104 valence electrons. The van der Waals surface area contributed by atoms with Crippen LogP contribution in [-0.2, 0) is 19.9 Å². The predicted molar refractivity (Wildman–Crippen MR) is 72.8 cm³/mol. The van der Waals surface area contributed by atoms with E-state index in [-0.39, 0.29) is 6.04 Å². The van der Waals surface area contributed by atoms with E-state index in [0.29, 0.717) is 6.42 Å². The molecular weight excluding hydrogens is 262 g/mol. The predicted octanol–water partition coefficient (Wildman–Crippen LogP) is 0.907. The van der Waals surface area contributed by atoms with E-state index in [1.165, 1.54) is 21.2 Å². The molecule has 19 heavy (non-hydrogen) atoms. The van der Waals surface area contributed by atoms with Gasteiger partial charge in [0, 0.05) is 6.42 Å². The Morgan fingerprint density at radius 2 is 2.16 bits per heavy atom. The molecule has 0 aromatic carbocycles. The topological polar surface area (TPSA) is 81.4 Å². The standard InChI is InChI=1S/C11H19N7S/c1-4-6-12-9(7-10-14-16-18(3)15-10)11-8(5-2)13-17-19-11/h9,12H,4-7H2,1-3H3. The maximum Gasteiger partial charge on any atom is 0.176 e. The van der Waals surface area contributed by atoms with E-state index in [1.54, 1.807) is 7.05 Å². The minimum Gasteiger partial charge on any atom is -0.309 e. The van der Waals surface area contributed by atoms with Crippen molar-refractivity contribution >= 4 is 11.5 Å². The van der Waals surface area contributed by atoms with E-state index in [2.05, 4.69) is 44.2 Å². The molecule has 2 aromatic heterocycles. The largest absolute Gasteiger partial charge is 0.309 e. The van der Waals surface area contributed by atoms with Crippen molar-refractivity contribution < 1.29 is 0 Å². The first kappa shape index (κ1) is 14.0. The van der Waals surface area contributed by atoms with Crippen LogP contribution in [0.5, 0.6) is 0 Å². The van der Waals surface area contributed by atoms with Gasteiger partial charge in [-0.25, -0.2) is 0 Å². The third-order valence-corrected chi connectivity index (χ3v) is 3.69. The molecule has 2 aromatic rings. The summed E-state index contributed by atoms with van der Waals surface area (Å²) in [5.74, 6) is 0.742. The fourth-order valence-electron chi connectivity index (χ4n) is 1.89. The SMILES string of the molecule is CCCNC(Cc1nnn(C)n1)c1snnc1CC. The van der Waals surface area contributed by atoms with Crippen molar-refractivity contribution in [3.63, 3.8) is 0 Å². The fraction of sp³-hybridized carbons (Fsp3) is 0.727. The van der Waals surface area contributed by atoms with Crippen LogP contribution in [-0.4, -0.2) is 36.3 Å². The average Bonchev–Trinajstić information content (AvgIpc) is 3.03. The van der Waals surface area contributed by atoms with Gasteiger partial charge in [0.05, 0.1) is 23.7 Å². The molecule has 8 heteroatoms. The number of tetrazole rings is 1. The van der Waals surface area contributed by atoms with Gasteiger partial charge in [-0.05, 0) is 36.1 Å². The minimum atomic E-state index is 0.166. The van der Waals surface area contributed by atoms with Crippen molar-refractivity contribution in [1.29, 1.82) is 0 Å². The number of nitrogens with zero attached hydrogens (tertiary/aromatic N) is 6. The Kier molecular flexibility index (Phi) is 4.92. The van der Waals surface area contributed by atoms with Crippen LogP contribution in [0, 0.1) is 0 Å². The molecule has 0 saturated heterocycles. The third-order valence-electron chi connectivity index (χ3n) is 2.81. The van der Waals surface area contributed by atoms with Crippen molar-refractivity contribution in [2.45, 2.75) is 39.2 Å². The molecule has 7 nitrogen and oxygen atoms in total. The van der Waals surface area contributed by atoms with Gasteiger partial charge < -0.3 is 5.32 Å². The average molecular weight is 281 g/mol. The summed E-state index contributed by atoms with van der Waals surface area (Å²) in [5, 5.41) is 19.9. The Balaban J connectivity index is 2.15. The third kappa shape index (κ3) is 3.54. The minimum absolute atomic E-state index is 0.166. The lowest BCUT2D eigenvalue weighted by molar-refractivity contribution is 0.520. The van der Waals surface area contributed by atoms with Crippen molar-refractivity contribution in [1.82, 2.24) is 35.1 Å². The lowest BCUT2D eigenvalue weighted by atomic mass is 10.1. The zero-order valence-corrected chi connectivity index (χ0v) is 12.3. The molecular formula is C11H19N7S. The van der Waals surface area contributed by atoms with Crippen LogP contribution in [0.25, 0.3) is 0 Å². The second-order valence-electron chi connectivity index (χ2n) is 4.34. The van der Waals surface area contributed by atoms with E-state index in [4.69, 9.17) is 0 Å². The lowest BCUT2D eigenvalue weighted by Gasteiger charge is -2.15. The Hall–Kier alpha value is -1.41. The molecule has 0 bridgehead atoms. The summed E-state index contributed by atoms with van der Waals surface area (Å²) in [6, 6.07) is 0.166. The van der Waals surface area contributed by atoms with Gasteiger partial charge >= 0.3 is 0 Å². The summed E-state index contributed by atoms with van der Waals surface area (Å²) in [5.41, 5.74) is 1.06. The maximum absolute atomic E-state index is 4.24. The highest BCUT2D eigenvalue weighted by Crippen LogP contribution is 2.23. The van der Waals surface area contributed by atoms with Gasteiger partial charge in [0.1, 0.15) is 0 Å². The first-order valence-corrected chi connectivity index (χ1v) is 7.29. The van der Waals surface area contributed by atoms with Crippen molar-refractivity contribution in [3.05, 3.63) is 16.4 Å². The number of hydrogen-bond acceptors (Lipinski definition) is 7. The van der Waals surface area contributed by atoms with E-state index in [0.717, 1.165) is 30.9 Å². The molecule has 1 N–H and O–H groups in total. The zero-order valence-electron chi connectivity index (χ0n) is 11.5. The molecule has 1 unspecified atom stereocenters. The van der Waals surface area contributed by atoms with E-state index in [1.807, 2.05) is 0 Å². The molecule has 0 aliphatic rings. The molecule has 0 spiro atoms. The van der Waals surface area contributed by atoms with Crippen LogP contribution in [0.4, 0.5) is 0 Å². The second kappa shape index (κ2) is 6.67. The van der Waals surface area contributed by atoms with Gasteiger partial charge in [0.2, 0.25) is 0 Å². The summed E-state index contributed by atoms with van der Waals surface area (Å²) < 4.78 is 4.06. The number of nitrogens with one attached hydrogen (secondary N) is 1. The summed E-state index contributed by atoms with van der Waals surface area (Å²) in [7, 11) is 1.77. The van der Waals surface area contributed by atoms with Gasteiger partial charge in [-0.15, -0.1) is 15.3 Å². The second-order valence-corrected chi connectivity index (χ2v) is 5.13. The summed E-state index contributed by atoms with van der Waals surface area (Å²) in [4.78, 5) is 2.67. The lowest BCUT2D eigenvalue weighted by Crippen LogP contribution is -2.24. The van der Waals surface area contributed by atoms with Crippen LogP contribution in [0.3, 0.4) is 0 Å². The van der Waals surface area contributed by atoms with Gasteiger partial charge in [-0.3, -0.25) is 0 Å². The Morgan fingerprint density at radius 1 is 1.32 bits per heavy atom. The van der Waals surface area contributed by atoms with Crippen LogP contribution < -0.4 is 5.32 Å². The Bertz CT molecular complexity index is 507. The zero-order chi connectivity index (χ0) is 13.7. The van der Waals surface area contributed by atoms with Crippen molar-refractivity contribution in [2.24, 2.45) is 7.05 Å². The van der Waals surface area contributed by atoms with Crippen LogP contribution in [0.1, 0.15) is 42.7 Å². The fourth-order valence-corrected chi connectivity index (χ4v) is 2.70. The number of aromatic nitrogens is 6. The van der Waals surface area contributed by atoms with Gasteiger partial charge in [0.15, 0.2) is 5.82 Å². The molecule has 2 heterocycles. The van der Waals surface area contributed by atoms with Crippen LogP contribution in [0.2, 0.25) is 0 Å². The molecule has 0 fully saturated rings. The number of rotatable bonds is 7. The first-order chi connectivity index (χ1) is 9.24. The molecule has 0 radical (unpaired) electrons.